The third kappa shape index (κ3) is 3.60. The van der Waals surface area contributed by atoms with Gasteiger partial charge in [-0.15, -0.1) is 0 Å². The highest BCUT2D eigenvalue weighted by atomic mass is 16.6. The van der Waals surface area contributed by atoms with Crippen molar-refractivity contribution >= 4 is 17.5 Å². The van der Waals surface area contributed by atoms with Crippen molar-refractivity contribution in [3.8, 4) is 11.5 Å². The predicted molar refractivity (Wildman–Crippen MR) is 107 cm³/mol. The Morgan fingerprint density at radius 3 is 2.43 bits per heavy atom. The monoisotopic (exact) mass is 383 g/mol. The maximum Gasteiger partial charge on any atom is 0.259 e. The van der Waals surface area contributed by atoms with Gasteiger partial charge in [-0.1, -0.05) is 6.07 Å². The molecule has 2 aliphatic heterocycles. The van der Waals surface area contributed by atoms with E-state index in [1.54, 1.807) is 18.2 Å². The zero-order valence-electron chi connectivity index (χ0n) is 16.5. The molecule has 1 fully saturated rings. The molecule has 2 aromatic rings. The minimum Gasteiger partial charge on any atom is -0.486 e. The molecule has 0 bridgehead atoms. The van der Waals surface area contributed by atoms with Crippen molar-refractivity contribution in [1.82, 2.24) is 14.9 Å². The van der Waals surface area contributed by atoms with Gasteiger partial charge in [-0.2, -0.15) is 0 Å². The van der Waals surface area contributed by atoms with Gasteiger partial charge in [0, 0.05) is 26.2 Å². The number of hydrogen-bond donors (Lipinski definition) is 1. The molecule has 8 heteroatoms. The topological polar surface area (TPSA) is 79.8 Å². The van der Waals surface area contributed by atoms with E-state index in [1.807, 2.05) is 13.8 Å². The number of benzene rings is 1. The van der Waals surface area contributed by atoms with Gasteiger partial charge in [-0.05, 0) is 33.0 Å². The third-order valence-corrected chi connectivity index (χ3v) is 5.09. The van der Waals surface area contributed by atoms with Gasteiger partial charge in [0.25, 0.3) is 5.91 Å². The Morgan fingerprint density at radius 1 is 1.04 bits per heavy atom. The van der Waals surface area contributed by atoms with Crippen molar-refractivity contribution in [2.45, 2.75) is 13.8 Å². The molecule has 0 unspecified atom stereocenters. The Balaban J connectivity index is 1.56. The summed E-state index contributed by atoms with van der Waals surface area (Å²) in [5.74, 6) is 1.53. The van der Waals surface area contributed by atoms with Gasteiger partial charge in [-0.3, -0.25) is 4.79 Å². The highest BCUT2D eigenvalue weighted by Crippen LogP contribution is 2.34. The lowest BCUT2D eigenvalue weighted by atomic mass is 10.1. The second-order valence-corrected chi connectivity index (χ2v) is 7.14. The molecule has 1 aromatic heterocycles. The zero-order valence-corrected chi connectivity index (χ0v) is 16.5. The number of fused-ring (bicyclic) bond motifs is 1. The molecule has 0 aliphatic carbocycles. The van der Waals surface area contributed by atoms with Crippen LogP contribution in [0, 0.1) is 13.8 Å². The minimum atomic E-state index is -0.260. The highest BCUT2D eigenvalue weighted by molar-refractivity contribution is 6.07. The fraction of sp³-hybridized carbons (Fsp3) is 0.450. The summed E-state index contributed by atoms with van der Waals surface area (Å²) in [7, 11) is 2.12. The zero-order chi connectivity index (χ0) is 19.7. The molecule has 1 N–H and O–H groups in total. The van der Waals surface area contributed by atoms with E-state index >= 15 is 0 Å². The fourth-order valence-corrected chi connectivity index (χ4v) is 3.46. The minimum absolute atomic E-state index is 0.260. The molecule has 4 rings (SSSR count). The van der Waals surface area contributed by atoms with Crippen molar-refractivity contribution in [3.63, 3.8) is 0 Å². The lowest BCUT2D eigenvalue weighted by Gasteiger charge is -2.32. The van der Waals surface area contributed by atoms with Gasteiger partial charge in [0.05, 0.1) is 22.6 Å². The smallest absolute Gasteiger partial charge is 0.259 e. The number of amides is 1. The van der Waals surface area contributed by atoms with Gasteiger partial charge < -0.3 is 24.6 Å². The number of likely N-dealkylation sites (N-methyl/N-ethyl adjacent to an activating group) is 1. The van der Waals surface area contributed by atoms with Gasteiger partial charge in [0.2, 0.25) is 5.95 Å². The second-order valence-electron chi connectivity index (χ2n) is 7.14. The van der Waals surface area contributed by atoms with Crippen LogP contribution in [0.2, 0.25) is 0 Å². The van der Waals surface area contributed by atoms with Crippen LogP contribution in [0.3, 0.4) is 0 Å². The lowest BCUT2D eigenvalue weighted by molar-refractivity contribution is 0.101. The van der Waals surface area contributed by atoms with Crippen LogP contribution in [0.4, 0.5) is 11.6 Å². The van der Waals surface area contributed by atoms with Gasteiger partial charge in [0.1, 0.15) is 13.2 Å². The predicted octanol–water partition coefficient (Wildman–Crippen LogP) is 1.87. The van der Waals surface area contributed by atoms with Crippen LogP contribution >= 0.6 is 0 Å². The molecule has 0 radical (unpaired) electrons. The third-order valence-electron chi connectivity index (χ3n) is 5.09. The molecule has 1 aromatic carbocycles. The normalized spacial score (nSPS) is 16.8. The number of nitrogens with zero attached hydrogens (tertiary/aromatic N) is 4. The molecular weight excluding hydrogens is 358 g/mol. The molecule has 2 aliphatic rings. The first kappa shape index (κ1) is 18.5. The standard InChI is InChI=1S/C20H25N5O3/c1-13-17(14(2)22-20(21-13)25-9-7-24(3)8-10-25)23-19(26)15-5-4-6-16-18(15)28-12-11-27-16/h4-6H,7-12H2,1-3H3,(H,23,26). The van der Waals surface area contributed by atoms with Crippen molar-refractivity contribution in [2.24, 2.45) is 0 Å². The van der Waals surface area contributed by atoms with Crippen molar-refractivity contribution < 1.29 is 14.3 Å². The van der Waals surface area contributed by atoms with Crippen LogP contribution in [0.5, 0.6) is 11.5 Å². The highest BCUT2D eigenvalue weighted by Gasteiger charge is 2.23. The Labute approximate surface area is 164 Å². The van der Waals surface area contributed by atoms with E-state index in [0.29, 0.717) is 36.0 Å². The van der Waals surface area contributed by atoms with Gasteiger partial charge in [0.15, 0.2) is 11.5 Å². The first-order chi connectivity index (χ1) is 13.5. The van der Waals surface area contributed by atoms with Crippen LogP contribution < -0.4 is 19.7 Å². The lowest BCUT2D eigenvalue weighted by Crippen LogP contribution is -2.45. The number of aryl methyl sites for hydroxylation is 2. The van der Waals surface area contributed by atoms with Gasteiger partial charge in [-0.25, -0.2) is 9.97 Å². The molecule has 28 heavy (non-hydrogen) atoms. The summed E-state index contributed by atoms with van der Waals surface area (Å²) in [5.41, 5.74) is 2.57. The van der Waals surface area contributed by atoms with E-state index in [-0.39, 0.29) is 5.91 Å². The van der Waals surface area contributed by atoms with E-state index in [0.717, 1.165) is 43.5 Å². The number of hydrogen-bond acceptors (Lipinski definition) is 7. The van der Waals surface area contributed by atoms with E-state index in [4.69, 9.17) is 9.47 Å². The van der Waals surface area contributed by atoms with Crippen LogP contribution in [-0.2, 0) is 0 Å². The number of para-hydroxylation sites is 1. The molecule has 3 heterocycles. The molecule has 0 atom stereocenters. The Kier molecular flexibility index (Phi) is 5.04. The molecule has 0 saturated carbocycles. The van der Waals surface area contributed by atoms with Crippen molar-refractivity contribution in [1.29, 1.82) is 0 Å². The number of rotatable bonds is 3. The summed E-state index contributed by atoms with van der Waals surface area (Å²) in [5, 5.41) is 2.96. The maximum absolute atomic E-state index is 12.9. The van der Waals surface area contributed by atoms with Crippen LogP contribution in [0.1, 0.15) is 21.7 Å². The Bertz CT molecular complexity index is 870. The summed E-state index contributed by atoms with van der Waals surface area (Å²) in [6.45, 7) is 8.47. The molecule has 8 nitrogen and oxygen atoms in total. The number of piperazine rings is 1. The van der Waals surface area contributed by atoms with E-state index in [9.17, 15) is 4.79 Å². The number of carbonyl (C=O) groups excluding carboxylic acids is 1. The first-order valence-electron chi connectivity index (χ1n) is 9.51. The van der Waals surface area contributed by atoms with Crippen LogP contribution in [-0.4, -0.2) is 67.2 Å². The van der Waals surface area contributed by atoms with Gasteiger partial charge >= 0.3 is 0 Å². The molecule has 0 spiro atoms. The SMILES string of the molecule is Cc1nc(N2CCN(C)CC2)nc(C)c1NC(=O)c1cccc2c1OCCO2. The van der Waals surface area contributed by atoms with E-state index in [2.05, 4.69) is 32.1 Å². The molecular formula is C20H25N5O3. The van der Waals surface area contributed by atoms with Crippen molar-refractivity contribution in [3.05, 3.63) is 35.2 Å². The summed E-state index contributed by atoms with van der Waals surface area (Å²) >= 11 is 0. The van der Waals surface area contributed by atoms with Crippen LogP contribution in [0.15, 0.2) is 18.2 Å². The average molecular weight is 383 g/mol. The number of ether oxygens (including phenoxy) is 2. The van der Waals surface area contributed by atoms with E-state index in [1.165, 1.54) is 0 Å². The summed E-state index contributed by atoms with van der Waals surface area (Å²) in [6.07, 6.45) is 0. The fourth-order valence-electron chi connectivity index (χ4n) is 3.46. The van der Waals surface area contributed by atoms with Crippen molar-refractivity contribution in [2.75, 3.05) is 56.7 Å². The summed E-state index contributed by atoms with van der Waals surface area (Å²) in [4.78, 5) is 26.7. The quantitative estimate of drug-likeness (QED) is 0.867. The first-order valence-corrected chi connectivity index (χ1v) is 9.51. The second kappa shape index (κ2) is 7.63. The number of nitrogens with one attached hydrogen (secondary N) is 1. The van der Waals surface area contributed by atoms with Crippen LogP contribution in [0.25, 0.3) is 0 Å². The molecule has 1 saturated heterocycles. The molecule has 148 valence electrons. The number of carbonyl (C=O) groups is 1. The average Bonchev–Trinajstić information content (AvgIpc) is 2.70. The largest absolute Gasteiger partial charge is 0.486 e. The number of anilines is 2. The Hall–Kier alpha value is -2.87. The molecule has 1 amide bonds. The Morgan fingerprint density at radius 2 is 1.71 bits per heavy atom. The summed E-state index contributed by atoms with van der Waals surface area (Å²) in [6, 6.07) is 5.32. The number of aromatic nitrogens is 2. The summed E-state index contributed by atoms with van der Waals surface area (Å²) < 4.78 is 11.2. The van der Waals surface area contributed by atoms with E-state index < -0.39 is 0 Å². The maximum atomic E-state index is 12.9.